The summed E-state index contributed by atoms with van der Waals surface area (Å²) in [7, 11) is 0. The van der Waals surface area contributed by atoms with Gasteiger partial charge in [-0.15, -0.1) is 0 Å². The summed E-state index contributed by atoms with van der Waals surface area (Å²) in [5, 5.41) is 20.5. The Morgan fingerprint density at radius 3 is 1.64 bits per heavy atom. The first kappa shape index (κ1) is 39.2. The van der Waals surface area contributed by atoms with Gasteiger partial charge < -0.3 is 19.8 Å². The number of aliphatic carboxylic acids is 1. The number of carboxylic acid groups (broad SMARTS) is 2. The van der Waals surface area contributed by atoms with Crippen LogP contribution in [0.2, 0.25) is 0 Å². The Morgan fingerprint density at radius 2 is 1.24 bits per heavy atom. The maximum Gasteiger partial charge on any atom is 2.00 e. The number of aryl methyl sites for hydroxylation is 1. The molecule has 1 aromatic carbocycles. The van der Waals surface area contributed by atoms with E-state index in [1.54, 1.807) is 18.2 Å². The summed E-state index contributed by atoms with van der Waals surface area (Å²) >= 11 is 0. The molecule has 0 aliphatic heterocycles. The van der Waals surface area contributed by atoms with Crippen LogP contribution in [0.4, 0.5) is 0 Å². The fourth-order valence-corrected chi connectivity index (χ4v) is 2.37. The van der Waals surface area contributed by atoms with E-state index in [1.807, 2.05) is 6.07 Å². The van der Waals surface area contributed by atoms with E-state index in [0.717, 1.165) is 44.1 Å². The first-order valence-corrected chi connectivity index (χ1v) is 12.4. The molecular formula is C28H48O4Sn. The Morgan fingerprint density at radius 1 is 0.758 bits per heavy atom. The molecule has 33 heavy (non-hydrogen) atoms. The van der Waals surface area contributed by atoms with Gasteiger partial charge in [0.1, 0.15) is 0 Å². The Kier molecular flexibility index (Phi) is 39.3. The van der Waals surface area contributed by atoms with Gasteiger partial charge in [-0.2, -0.15) is 0 Å². The molecule has 188 valence electrons. The molecule has 0 aliphatic carbocycles. The van der Waals surface area contributed by atoms with Gasteiger partial charge in [0.2, 0.25) is 0 Å². The van der Waals surface area contributed by atoms with Crippen molar-refractivity contribution in [3.05, 3.63) is 49.2 Å². The van der Waals surface area contributed by atoms with Crippen LogP contribution in [0.15, 0.2) is 24.3 Å². The fourth-order valence-electron chi connectivity index (χ4n) is 2.37. The zero-order chi connectivity index (χ0) is 25.0. The summed E-state index contributed by atoms with van der Waals surface area (Å²) in [6, 6.07) is 6.89. The van der Waals surface area contributed by atoms with Crippen LogP contribution in [0.25, 0.3) is 0 Å². The minimum atomic E-state index is -1.10. The molecule has 0 saturated heterocycles. The molecule has 1 rings (SSSR count). The monoisotopic (exact) mass is 568 g/mol. The van der Waals surface area contributed by atoms with Gasteiger partial charge in [0.15, 0.2) is 0 Å². The van der Waals surface area contributed by atoms with Crippen LogP contribution in [0.5, 0.6) is 0 Å². The molecule has 1 aromatic rings. The standard InChI is InChI=1S/C10H12O2.C10H20O2.2C4H9.Sn/c1-2-4-8-5-3-6-9(7-8)10(11)12;1-2-3-4-5-6-7-8-9-10(11)12;2*1-3-4-2;/h3,5-7H,2,4H2,1H3,(H,11,12);2-9H2,1H3,(H,11,12);2*1,3-4H2,2H3;/q;;;;+2/p-2. The van der Waals surface area contributed by atoms with Crippen molar-refractivity contribution in [1.82, 2.24) is 0 Å². The van der Waals surface area contributed by atoms with Crippen molar-refractivity contribution in [3.8, 4) is 0 Å². The third kappa shape index (κ3) is 35.7. The second-order valence-electron chi connectivity index (χ2n) is 7.69. The molecule has 0 saturated carbocycles. The van der Waals surface area contributed by atoms with Crippen molar-refractivity contribution >= 4 is 35.8 Å². The van der Waals surface area contributed by atoms with Gasteiger partial charge >= 0.3 is 23.9 Å². The average molecular weight is 567 g/mol. The number of unbranched alkanes of at least 4 members (excludes halogenated alkanes) is 8. The normalized spacial score (nSPS) is 9.03. The van der Waals surface area contributed by atoms with Gasteiger partial charge in [-0.1, -0.05) is 130 Å². The zero-order valence-corrected chi connectivity index (χ0v) is 24.6. The van der Waals surface area contributed by atoms with Crippen molar-refractivity contribution in [2.24, 2.45) is 0 Å². The van der Waals surface area contributed by atoms with Gasteiger partial charge in [0.25, 0.3) is 0 Å². The molecule has 0 heterocycles. The Balaban J connectivity index is -0.000000189. The molecular weight excluding hydrogens is 519 g/mol. The van der Waals surface area contributed by atoms with E-state index in [4.69, 9.17) is 0 Å². The SMILES string of the molecule is CCCCCCCCCC(=O)[O-].CCCc1cccc(C(=O)[O-])c1.[CH2]CCC.[CH2]CCC.[Sn+2]. The predicted molar refractivity (Wildman–Crippen MR) is 139 cm³/mol. The maximum atomic E-state index is 10.4. The third-order valence-corrected chi connectivity index (χ3v) is 4.39. The summed E-state index contributed by atoms with van der Waals surface area (Å²) in [5.74, 6) is -2.02. The second-order valence-corrected chi connectivity index (χ2v) is 7.69. The quantitative estimate of drug-likeness (QED) is 0.225. The average Bonchev–Trinajstić information content (AvgIpc) is 2.79. The molecule has 0 aromatic heterocycles. The van der Waals surface area contributed by atoms with Gasteiger partial charge in [-0.25, -0.2) is 0 Å². The molecule has 0 bridgehead atoms. The van der Waals surface area contributed by atoms with Gasteiger partial charge in [-0.05, 0) is 36.5 Å². The van der Waals surface area contributed by atoms with Crippen molar-refractivity contribution in [2.45, 2.75) is 118 Å². The van der Waals surface area contributed by atoms with Crippen LogP contribution < -0.4 is 10.2 Å². The number of carboxylic acids is 2. The first-order chi connectivity index (χ1) is 15.3. The van der Waals surface area contributed by atoms with E-state index in [0.29, 0.717) is 0 Å². The molecule has 0 unspecified atom stereocenters. The number of rotatable bonds is 13. The van der Waals surface area contributed by atoms with E-state index in [9.17, 15) is 19.8 Å². The molecule has 0 fully saturated rings. The number of carbonyl (C=O) groups is 2. The molecule has 0 amide bonds. The van der Waals surface area contributed by atoms with Crippen LogP contribution in [0, 0.1) is 13.8 Å². The predicted octanol–water partition coefficient (Wildman–Crippen LogP) is 5.74. The van der Waals surface area contributed by atoms with Crippen LogP contribution >= 0.6 is 0 Å². The largest absolute Gasteiger partial charge is 2.00 e. The molecule has 4 radical (unpaired) electrons. The molecule has 4 nitrogen and oxygen atoms in total. The summed E-state index contributed by atoms with van der Waals surface area (Å²) in [6.07, 6.45) is 14.8. The summed E-state index contributed by atoms with van der Waals surface area (Å²) in [6.45, 7) is 15.7. The molecule has 5 heteroatoms. The fraction of sp³-hybridized carbons (Fsp3) is 0.643. The van der Waals surface area contributed by atoms with E-state index in [2.05, 4.69) is 41.5 Å². The summed E-state index contributed by atoms with van der Waals surface area (Å²) in [4.78, 5) is 20.5. The first-order valence-electron chi connectivity index (χ1n) is 12.4. The van der Waals surface area contributed by atoms with Crippen molar-refractivity contribution in [3.63, 3.8) is 0 Å². The van der Waals surface area contributed by atoms with E-state index >= 15 is 0 Å². The number of carbonyl (C=O) groups excluding carboxylic acids is 2. The molecule has 0 atom stereocenters. The van der Waals surface area contributed by atoms with Crippen LogP contribution in [-0.4, -0.2) is 35.8 Å². The van der Waals surface area contributed by atoms with Crippen LogP contribution in [-0.2, 0) is 11.2 Å². The van der Waals surface area contributed by atoms with Crippen LogP contribution in [0.3, 0.4) is 0 Å². The number of hydrogen-bond donors (Lipinski definition) is 0. The Bertz CT molecular complexity index is 524. The number of aromatic carboxylic acids is 1. The smallest absolute Gasteiger partial charge is 0.550 e. The number of benzene rings is 1. The summed E-state index contributed by atoms with van der Waals surface area (Å²) < 4.78 is 0. The summed E-state index contributed by atoms with van der Waals surface area (Å²) in [5.41, 5.74) is 1.32. The second kappa shape index (κ2) is 33.1. The molecule has 0 aliphatic rings. The van der Waals surface area contributed by atoms with Gasteiger partial charge in [0.05, 0.1) is 5.97 Å². The van der Waals surface area contributed by atoms with Crippen molar-refractivity contribution in [2.75, 3.05) is 0 Å². The number of hydrogen-bond acceptors (Lipinski definition) is 4. The van der Waals surface area contributed by atoms with E-state index in [1.165, 1.54) is 44.9 Å². The minimum absolute atomic E-state index is 0. The van der Waals surface area contributed by atoms with E-state index in [-0.39, 0.29) is 35.9 Å². The maximum absolute atomic E-state index is 10.4. The minimum Gasteiger partial charge on any atom is -0.550 e. The van der Waals surface area contributed by atoms with Crippen LogP contribution in [0.1, 0.15) is 127 Å². The van der Waals surface area contributed by atoms with Gasteiger partial charge in [0, 0.05) is 5.97 Å². The Hall–Kier alpha value is -1.04. The molecule has 0 N–H and O–H groups in total. The van der Waals surface area contributed by atoms with Crippen molar-refractivity contribution < 1.29 is 19.8 Å². The van der Waals surface area contributed by atoms with Crippen molar-refractivity contribution in [1.29, 1.82) is 0 Å². The Labute approximate surface area is 221 Å². The molecule has 0 spiro atoms. The van der Waals surface area contributed by atoms with Gasteiger partial charge in [-0.3, -0.25) is 0 Å². The topological polar surface area (TPSA) is 80.3 Å². The zero-order valence-electron chi connectivity index (χ0n) is 21.8. The third-order valence-electron chi connectivity index (χ3n) is 4.39. The van der Waals surface area contributed by atoms with E-state index < -0.39 is 11.9 Å².